The molecular formula is C17H17FN4O4. The fourth-order valence-electron chi connectivity index (χ4n) is 1.96. The van der Waals surface area contributed by atoms with Gasteiger partial charge in [-0.2, -0.15) is 5.26 Å². The van der Waals surface area contributed by atoms with E-state index in [1.54, 1.807) is 13.0 Å². The fraction of sp³-hybridized carbons (Fsp3) is 0.235. The number of benzene rings is 1. The van der Waals surface area contributed by atoms with Crippen molar-refractivity contribution >= 4 is 17.4 Å². The van der Waals surface area contributed by atoms with Gasteiger partial charge in [-0.15, -0.1) is 0 Å². The van der Waals surface area contributed by atoms with Gasteiger partial charge in [0.2, 0.25) is 0 Å². The van der Waals surface area contributed by atoms with Gasteiger partial charge in [-0.3, -0.25) is 9.63 Å². The highest BCUT2D eigenvalue weighted by Gasteiger charge is 2.16. The van der Waals surface area contributed by atoms with Crippen LogP contribution >= 0.6 is 0 Å². The molecule has 0 saturated carbocycles. The number of nitriles is 1. The summed E-state index contributed by atoms with van der Waals surface area (Å²) >= 11 is 0. The van der Waals surface area contributed by atoms with Gasteiger partial charge in [-0.05, 0) is 36.8 Å². The lowest BCUT2D eigenvalue weighted by molar-refractivity contribution is -0.0295. The fourth-order valence-corrected chi connectivity index (χ4v) is 1.96. The lowest BCUT2D eigenvalue weighted by atomic mass is 10.2. The Morgan fingerprint density at radius 1 is 1.42 bits per heavy atom. The van der Waals surface area contributed by atoms with Crippen LogP contribution in [0, 0.1) is 24.1 Å². The molecule has 0 bridgehead atoms. The molecule has 0 aliphatic rings. The van der Waals surface area contributed by atoms with E-state index in [9.17, 15) is 14.3 Å². The van der Waals surface area contributed by atoms with Gasteiger partial charge in [-0.1, -0.05) is 6.07 Å². The Kier molecular flexibility index (Phi) is 6.57. The second-order valence-corrected chi connectivity index (χ2v) is 5.39. The van der Waals surface area contributed by atoms with Gasteiger partial charge >= 0.3 is 0 Å². The number of aliphatic hydroxyl groups is 2. The quantitative estimate of drug-likeness (QED) is 0.546. The SMILES string of the molecule is Cc1ccc(Nc2nc(C#N)ccc2C(=O)NOC[C@@H](O)CO)c(F)c1. The highest BCUT2D eigenvalue weighted by Crippen LogP contribution is 2.23. The molecule has 0 aliphatic heterocycles. The third-order valence-corrected chi connectivity index (χ3v) is 3.28. The molecule has 1 aromatic carbocycles. The summed E-state index contributed by atoms with van der Waals surface area (Å²) in [6.07, 6.45) is -1.14. The summed E-state index contributed by atoms with van der Waals surface area (Å²) in [6, 6.07) is 8.98. The van der Waals surface area contributed by atoms with Crippen LogP contribution in [0.2, 0.25) is 0 Å². The number of aliphatic hydroxyl groups excluding tert-OH is 2. The van der Waals surface area contributed by atoms with E-state index in [0.29, 0.717) is 0 Å². The molecule has 2 rings (SSSR count). The van der Waals surface area contributed by atoms with E-state index in [2.05, 4.69) is 15.8 Å². The second kappa shape index (κ2) is 8.87. The number of pyridine rings is 1. The number of carbonyl (C=O) groups excluding carboxylic acids is 1. The number of nitrogens with one attached hydrogen (secondary N) is 2. The van der Waals surface area contributed by atoms with Crippen LogP contribution in [-0.4, -0.2) is 40.4 Å². The Bertz CT molecular complexity index is 838. The molecule has 26 heavy (non-hydrogen) atoms. The molecule has 0 unspecified atom stereocenters. The average molecular weight is 360 g/mol. The van der Waals surface area contributed by atoms with Crippen LogP contribution in [0.3, 0.4) is 0 Å². The number of anilines is 2. The van der Waals surface area contributed by atoms with Gasteiger partial charge in [-0.25, -0.2) is 14.9 Å². The first-order valence-electron chi connectivity index (χ1n) is 7.60. The maximum atomic E-state index is 14.0. The molecule has 1 heterocycles. The van der Waals surface area contributed by atoms with Crippen LogP contribution in [-0.2, 0) is 4.84 Å². The van der Waals surface area contributed by atoms with Gasteiger partial charge in [0.1, 0.15) is 36.1 Å². The van der Waals surface area contributed by atoms with E-state index in [1.165, 1.54) is 24.3 Å². The smallest absolute Gasteiger partial charge is 0.278 e. The average Bonchev–Trinajstić information content (AvgIpc) is 2.63. The normalized spacial score (nSPS) is 11.5. The van der Waals surface area contributed by atoms with E-state index in [-0.39, 0.29) is 29.4 Å². The number of hydrogen-bond donors (Lipinski definition) is 4. The summed E-state index contributed by atoms with van der Waals surface area (Å²) in [6.45, 7) is 0.896. The lowest BCUT2D eigenvalue weighted by Crippen LogP contribution is -2.30. The first kappa shape index (κ1) is 19.3. The number of carbonyl (C=O) groups is 1. The van der Waals surface area contributed by atoms with Crippen molar-refractivity contribution in [3.05, 3.63) is 53.0 Å². The molecule has 0 radical (unpaired) electrons. The predicted octanol–water partition coefficient (Wildman–Crippen LogP) is 1.16. The molecule has 0 saturated heterocycles. The molecule has 1 amide bonds. The highest BCUT2D eigenvalue weighted by atomic mass is 19.1. The van der Waals surface area contributed by atoms with Gasteiger partial charge < -0.3 is 15.5 Å². The maximum Gasteiger partial charge on any atom is 0.278 e. The van der Waals surface area contributed by atoms with E-state index in [1.807, 2.05) is 6.07 Å². The zero-order chi connectivity index (χ0) is 19.1. The van der Waals surface area contributed by atoms with Crippen LogP contribution in [0.4, 0.5) is 15.9 Å². The molecule has 4 N–H and O–H groups in total. The third kappa shape index (κ3) is 4.97. The van der Waals surface area contributed by atoms with Crippen molar-refractivity contribution in [2.45, 2.75) is 13.0 Å². The van der Waals surface area contributed by atoms with E-state index in [4.69, 9.17) is 15.2 Å². The van der Waals surface area contributed by atoms with Gasteiger partial charge in [0.15, 0.2) is 0 Å². The molecule has 9 heteroatoms. The summed E-state index contributed by atoms with van der Waals surface area (Å²) in [4.78, 5) is 21.0. The summed E-state index contributed by atoms with van der Waals surface area (Å²) in [5, 5.41) is 29.6. The van der Waals surface area contributed by atoms with Crippen molar-refractivity contribution in [3.8, 4) is 6.07 Å². The lowest BCUT2D eigenvalue weighted by Gasteiger charge is -2.13. The first-order valence-corrected chi connectivity index (χ1v) is 7.60. The number of aromatic nitrogens is 1. The van der Waals surface area contributed by atoms with Crippen molar-refractivity contribution in [2.75, 3.05) is 18.5 Å². The number of nitrogens with zero attached hydrogens (tertiary/aromatic N) is 2. The Balaban J connectivity index is 2.23. The Morgan fingerprint density at radius 2 is 2.19 bits per heavy atom. The molecule has 1 atom stereocenters. The van der Waals surface area contributed by atoms with Crippen molar-refractivity contribution < 1.29 is 24.2 Å². The largest absolute Gasteiger partial charge is 0.394 e. The van der Waals surface area contributed by atoms with Crippen LogP contribution in [0.1, 0.15) is 21.6 Å². The summed E-state index contributed by atoms with van der Waals surface area (Å²) in [5.41, 5.74) is 2.93. The monoisotopic (exact) mass is 360 g/mol. The maximum absolute atomic E-state index is 14.0. The Labute approximate surface area is 148 Å². The van der Waals surface area contributed by atoms with Gasteiger partial charge in [0, 0.05) is 0 Å². The van der Waals surface area contributed by atoms with E-state index in [0.717, 1.165) is 5.56 Å². The summed E-state index contributed by atoms with van der Waals surface area (Å²) in [7, 11) is 0. The standard InChI is InChI=1S/C17H17FN4O4/c1-10-2-5-15(14(18)6-10)21-16-13(4-3-11(7-19)20-16)17(25)22-26-9-12(24)8-23/h2-6,12,23-24H,8-9H2,1H3,(H,20,21)(H,22,25)/t12-/m0/s1. The molecule has 8 nitrogen and oxygen atoms in total. The minimum atomic E-state index is -1.14. The van der Waals surface area contributed by atoms with Gasteiger partial charge in [0.05, 0.1) is 17.9 Å². The van der Waals surface area contributed by atoms with Crippen molar-refractivity contribution in [1.82, 2.24) is 10.5 Å². The summed E-state index contributed by atoms with van der Waals surface area (Å²) in [5.74, 6) is -1.29. The number of hydrogen-bond acceptors (Lipinski definition) is 7. The van der Waals surface area contributed by atoms with Crippen LogP contribution in [0.5, 0.6) is 0 Å². The zero-order valence-electron chi connectivity index (χ0n) is 13.9. The van der Waals surface area contributed by atoms with Crippen LogP contribution in [0.15, 0.2) is 30.3 Å². The zero-order valence-corrected chi connectivity index (χ0v) is 13.9. The predicted molar refractivity (Wildman–Crippen MR) is 89.9 cm³/mol. The summed E-state index contributed by atoms with van der Waals surface area (Å²) < 4.78 is 14.0. The van der Waals surface area contributed by atoms with Crippen LogP contribution in [0.25, 0.3) is 0 Å². The third-order valence-electron chi connectivity index (χ3n) is 3.28. The Hall–Kier alpha value is -3.06. The number of aryl methyl sites for hydroxylation is 1. The minimum Gasteiger partial charge on any atom is -0.394 e. The number of hydroxylamine groups is 1. The van der Waals surface area contributed by atoms with Gasteiger partial charge in [0.25, 0.3) is 5.91 Å². The molecular weight excluding hydrogens is 343 g/mol. The molecule has 0 spiro atoms. The van der Waals surface area contributed by atoms with Crippen molar-refractivity contribution in [2.24, 2.45) is 0 Å². The minimum absolute atomic E-state index is 0.00228. The van der Waals surface area contributed by atoms with E-state index < -0.39 is 24.4 Å². The molecule has 2 aromatic rings. The molecule has 1 aromatic heterocycles. The van der Waals surface area contributed by atoms with Crippen molar-refractivity contribution in [1.29, 1.82) is 5.26 Å². The first-order chi connectivity index (χ1) is 12.4. The highest BCUT2D eigenvalue weighted by molar-refractivity contribution is 5.98. The Morgan fingerprint density at radius 3 is 2.85 bits per heavy atom. The van der Waals surface area contributed by atoms with Crippen molar-refractivity contribution in [3.63, 3.8) is 0 Å². The molecule has 136 valence electrons. The number of amides is 1. The second-order valence-electron chi connectivity index (χ2n) is 5.39. The van der Waals surface area contributed by atoms with Crippen LogP contribution < -0.4 is 10.8 Å². The topological polar surface area (TPSA) is 128 Å². The molecule has 0 aliphatic carbocycles. The number of halogens is 1. The van der Waals surface area contributed by atoms with E-state index >= 15 is 0 Å². The number of rotatable bonds is 7. The molecule has 0 fully saturated rings.